The maximum Gasteiger partial charge on any atom is 0.127 e. The molecule has 18 heavy (non-hydrogen) atoms. The van der Waals surface area contributed by atoms with Gasteiger partial charge in [0, 0.05) is 5.30 Å². The molecule has 0 amide bonds. The van der Waals surface area contributed by atoms with E-state index in [-0.39, 0.29) is 7.92 Å². The lowest BCUT2D eigenvalue weighted by Crippen LogP contribution is -2.15. The number of rotatable bonds is 5. The first-order valence-electron chi connectivity index (χ1n) is 6.41. The van der Waals surface area contributed by atoms with Crippen LogP contribution in [0.15, 0.2) is 54.6 Å². The molecule has 0 radical (unpaired) electrons. The molecule has 0 spiro atoms. The summed E-state index contributed by atoms with van der Waals surface area (Å²) in [6, 6.07) is 19.2. The van der Waals surface area contributed by atoms with Crippen molar-refractivity contribution in [2.24, 2.45) is 0 Å². The van der Waals surface area contributed by atoms with E-state index in [0.29, 0.717) is 0 Å². The number of ether oxygens (including phenoxy) is 1. The van der Waals surface area contributed by atoms with Crippen LogP contribution in [0.3, 0.4) is 0 Å². The van der Waals surface area contributed by atoms with Gasteiger partial charge < -0.3 is 4.74 Å². The maximum absolute atomic E-state index is 5.76. The largest absolute Gasteiger partial charge is 0.493 e. The fourth-order valence-electron chi connectivity index (χ4n) is 2.06. The van der Waals surface area contributed by atoms with Gasteiger partial charge in [0.2, 0.25) is 0 Å². The van der Waals surface area contributed by atoms with Crippen LogP contribution in [-0.4, -0.2) is 12.8 Å². The first-order valence-corrected chi connectivity index (χ1v) is 7.94. The van der Waals surface area contributed by atoms with E-state index >= 15 is 0 Å². The molecule has 0 aliphatic carbocycles. The summed E-state index contributed by atoms with van der Waals surface area (Å²) in [7, 11) is -0.306. The number of hydrogen-bond donors (Lipinski definition) is 0. The Morgan fingerprint density at radius 3 is 2.22 bits per heavy atom. The summed E-state index contributed by atoms with van der Waals surface area (Å²) >= 11 is 0. The molecule has 0 saturated heterocycles. The maximum atomic E-state index is 5.76. The van der Waals surface area contributed by atoms with E-state index in [1.54, 1.807) is 0 Å². The number of para-hydroxylation sites is 1. The van der Waals surface area contributed by atoms with Gasteiger partial charge in [-0.1, -0.05) is 55.5 Å². The Morgan fingerprint density at radius 1 is 0.889 bits per heavy atom. The summed E-state index contributed by atoms with van der Waals surface area (Å²) in [5.74, 6) is 1.04. The Kier molecular flexibility index (Phi) is 4.78. The molecule has 0 saturated carbocycles. The predicted molar refractivity (Wildman–Crippen MR) is 80.8 cm³/mol. The molecular formula is C16H19OP. The number of benzene rings is 2. The monoisotopic (exact) mass is 258 g/mol. The molecular weight excluding hydrogens is 239 g/mol. The molecule has 1 atom stereocenters. The third-order valence-electron chi connectivity index (χ3n) is 2.84. The van der Waals surface area contributed by atoms with Crippen molar-refractivity contribution in [3.05, 3.63) is 54.6 Å². The smallest absolute Gasteiger partial charge is 0.127 e. The van der Waals surface area contributed by atoms with Gasteiger partial charge in [-0.2, -0.15) is 0 Å². The van der Waals surface area contributed by atoms with Gasteiger partial charge in [-0.05, 0) is 32.4 Å². The minimum absolute atomic E-state index is 0.306. The second-order valence-corrected chi connectivity index (χ2v) is 6.47. The molecule has 0 aliphatic rings. The molecule has 1 unspecified atom stereocenters. The van der Waals surface area contributed by atoms with Gasteiger partial charge in [0.05, 0.1) is 6.61 Å². The molecule has 0 aliphatic heterocycles. The Bertz CT molecular complexity index is 481. The van der Waals surface area contributed by atoms with Crippen LogP contribution in [0.4, 0.5) is 0 Å². The quantitative estimate of drug-likeness (QED) is 0.745. The van der Waals surface area contributed by atoms with E-state index in [0.717, 1.165) is 18.5 Å². The fraction of sp³-hybridized carbons (Fsp3) is 0.250. The second-order valence-electron chi connectivity index (χ2n) is 3.98. The summed E-state index contributed by atoms with van der Waals surface area (Å²) in [4.78, 5) is 0. The van der Waals surface area contributed by atoms with Gasteiger partial charge in [0.25, 0.3) is 0 Å². The van der Waals surface area contributed by atoms with Crippen LogP contribution in [0.1, 0.15) is 13.8 Å². The van der Waals surface area contributed by atoms with Gasteiger partial charge >= 0.3 is 0 Å². The van der Waals surface area contributed by atoms with Crippen LogP contribution in [0.5, 0.6) is 5.75 Å². The van der Waals surface area contributed by atoms with Crippen LogP contribution in [0, 0.1) is 0 Å². The summed E-state index contributed by atoms with van der Waals surface area (Å²) in [5, 5.41) is 2.77. The Morgan fingerprint density at radius 2 is 1.56 bits per heavy atom. The highest BCUT2D eigenvalue weighted by Gasteiger charge is 2.15. The molecule has 0 aromatic heterocycles. The molecule has 94 valence electrons. The lowest BCUT2D eigenvalue weighted by molar-refractivity contribution is 0.343. The van der Waals surface area contributed by atoms with Gasteiger partial charge in [0.15, 0.2) is 0 Å². The van der Waals surface area contributed by atoms with E-state index in [2.05, 4.69) is 55.5 Å². The molecule has 2 heteroatoms. The average molecular weight is 258 g/mol. The van der Waals surface area contributed by atoms with Gasteiger partial charge in [0.1, 0.15) is 5.75 Å². The minimum Gasteiger partial charge on any atom is -0.493 e. The molecule has 2 rings (SSSR count). The normalized spacial score (nSPS) is 12.1. The van der Waals surface area contributed by atoms with Crippen LogP contribution in [0.25, 0.3) is 0 Å². The van der Waals surface area contributed by atoms with Gasteiger partial charge in [-0.15, -0.1) is 0 Å². The lowest BCUT2D eigenvalue weighted by atomic mass is 10.3. The molecule has 2 aromatic rings. The van der Waals surface area contributed by atoms with Crippen molar-refractivity contribution < 1.29 is 4.74 Å². The topological polar surface area (TPSA) is 9.23 Å². The SMILES string of the molecule is CCOc1ccccc1P(CC)c1ccccc1. The highest BCUT2D eigenvalue weighted by molar-refractivity contribution is 7.73. The van der Waals surface area contributed by atoms with Gasteiger partial charge in [-0.3, -0.25) is 0 Å². The molecule has 0 fully saturated rings. The predicted octanol–water partition coefficient (Wildman–Crippen LogP) is 3.54. The van der Waals surface area contributed by atoms with Crippen LogP contribution >= 0.6 is 7.92 Å². The minimum atomic E-state index is -0.306. The first-order chi connectivity index (χ1) is 8.86. The van der Waals surface area contributed by atoms with Crippen molar-refractivity contribution in [2.45, 2.75) is 13.8 Å². The zero-order valence-corrected chi connectivity index (χ0v) is 11.9. The standard InChI is InChI=1S/C16H19OP/c1-3-17-15-12-8-9-13-16(15)18(4-2)14-10-6-5-7-11-14/h5-13H,3-4H2,1-2H3. The van der Waals surface area contributed by atoms with Crippen molar-refractivity contribution in [1.29, 1.82) is 0 Å². The Balaban J connectivity index is 2.39. The van der Waals surface area contributed by atoms with Crippen molar-refractivity contribution in [3.63, 3.8) is 0 Å². The van der Waals surface area contributed by atoms with E-state index < -0.39 is 0 Å². The summed E-state index contributed by atoms with van der Waals surface area (Å²) in [6.07, 6.45) is 1.14. The van der Waals surface area contributed by atoms with E-state index in [4.69, 9.17) is 4.74 Å². The summed E-state index contributed by atoms with van der Waals surface area (Å²) < 4.78 is 5.76. The van der Waals surface area contributed by atoms with Crippen molar-refractivity contribution in [1.82, 2.24) is 0 Å². The lowest BCUT2D eigenvalue weighted by Gasteiger charge is -2.19. The molecule has 0 bridgehead atoms. The second kappa shape index (κ2) is 6.56. The third-order valence-corrected chi connectivity index (χ3v) is 5.34. The zero-order valence-electron chi connectivity index (χ0n) is 11.0. The molecule has 1 nitrogen and oxygen atoms in total. The van der Waals surface area contributed by atoms with Crippen molar-refractivity contribution in [3.8, 4) is 5.75 Å². The molecule has 0 heterocycles. The van der Waals surface area contributed by atoms with E-state index in [9.17, 15) is 0 Å². The molecule has 0 N–H and O–H groups in total. The van der Waals surface area contributed by atoms with Crippen LogP contribution < -0.4 is 15.3 Å². The summed E-state index contributed by atoms with van der Waals surface area (Å²) in [6.45, 7) is 5.01. The first kappa shape index (κ1) is 13.1. The Labute approximate surface area is 111 Å². The molecule has 2 aromatic carbocycles. The van der Waals surface area contributed by atoms with Crippen molar-refractivity contribution >= 4 is 18.5 Å². The van der Waals surface area contributed by atoms with Crippen LogP contribution in [0.2, 0.25) is 0 Å². The van der Waals surface area contributed by atoms with E-state index in [1.807, 2.05) is 13.0 Å². The zero-order chi connectivity index (χ0) is 12.8. The van der Waals surface area contributed by atoms with Crippen LogP contribution in [-0.2, 0) is 0 Å². The highest BCUT2D eigenvalue weighted by atomic mass is 31.1. The Hall–Kier alpha value is -1.33. The summed E-state index contributed by atoms with van der Waals surface area (Å²) in [5.41, 5.74) is 0. The van der Waals surface area contributed by atoms with Crippen molar-refractivity contribution in [2.75, 3.05) is 12.8 Å². The highest BCUT2D eigenvalue weighted by Crippen LogP contribution is 2.36. The third kappa shape index (κ3) is 2.91. The van der Waals surface area contributed by atoms with E-state index in [1.165, 1.54) is 10.6 Å². The number of hydrogen-bond acceptors (Lipinski definition) is 1. The average Bonchev–Trinajstić information content (AvgIpc) is 2.43. The van der Waals surface area contributed by atoms with Gasteiger partial charge in [-0.25, -0.2) is 0 Å². The fourth-order valence-corrected chi connectivity index (χ4v) is 4.24.